The molecule has 1 N–H and O–H groups in total. The molecule has 1 saturated heterocycles. The summed E-state index contributed by atoms with van der Waals surface area (Å²) < 4.78 is 14.0. The average molecular weight is 436 g/mol. The van der Waals surface area contributed by atoms with Gasteiger partial charge in [0.05, 0.1) is 6.54 Å². The van der Waals surface area contributed by atoms with Crippen LogP contribution in [0.15, 0.2) is 60.9 Å². The van der Waals surface area contributed by atoms with E-state index in [0.29, 0.717) is 25.6 Å². The maximum Gasteiger partial charge on any atom is 0.138 e. The van der Waals surface area contributed by atoms with E-state index in [-0.39, 0.29) is 6.10 Å². The van der Waals surface area contributed by atoms with Gasteiger partial charge in [-0.1, -0.05) is 38.1 Å². The molecule has 0 amide bonds. The number of aliphatic hydroxyl groups excluding tert-OH is 1. The number of β-amino-alcohol motifs (C(OH)–C–C–N with tert-alkyl or cyclic N) is 1. The fourth-order valence-electron chi connectivity index (χ4n) is 4.03. The number of aliphatic hydroxyl groups is 1. The first-order valence-electron chi connectivity index (χ1n) is 11.3. The standard InChI is InChI=1S/C26H33N3O3/c1-19(2)22-6-10-24(11-7-22)32-26-18-28(17-25(26)30)16-21-4-8-23(9-5-21)31-15-14-29-13-12-27-20(29)3/h4-13,19,25-26,30H,14-18H2,1-3H3/t25-,26-/m0/s1. The van der Waals surface area contributed by atoms with E-state index in [9.17, 15) is 5.11 Å². The highest BCUT2D eigenvalue weighted by molar-refractivity contribution is 5.30. The lowest BCUT2D eigenvalue weighted by molar-refractivity contribution is 0.0736. The molecule has 0 radical (unpaired) electrons. The third-order valence-electron chi connectivity index (χ3n) is 6.00. The molecule has 170 valence electrons. The molecule has 0 bridgehead atoms. The highest BCUT2D eigenvalue weighted by atomic mass is 16.5. The number of hydrogen-bond donors (Lipinski definition) is 1. The van der Waals surface area contributed by atoms with Crippen molar-refractivity contribution in [3.05, 3.63) is 77.9 Å². The quantitative estimate of drug-likeness (QED) is 0.550. The highest BCUT2D eigenvalue weighted by Gasteiger charge is 2.33. The molecule has 0 aliphatic carbocycles. The zero-order chi connectivity index (χ0) is 22.5. The van der Waals surface area contributed by atoms with Gasteiger partial charge in [0.15, 0.2) is 0 Å². The number of likely N-dealkylation sites (tertiary alicyclic amines) is 1. The van der Waals surface area contributed by atoms with Crippen LogP contribution < -0.4 is 9.47 Å². The summed E-state index contributed by atoms with van der Waals surface area (Å²) in [4.78, 5) is 6.45. The van der Waals surface area contributed by atoms with E-state index in [0.717, 1.165) is 30.4 Å². The van der Waals surface area contributed by atoms with Gasteiger partial charge >= 0.3 is 0 Å². The number of hydrogen-bond acceptors (Lipinski definition) is 5. The fourth-order valence-corrected chi connectivity index (χ4v) is 4.03. The lowest BCUT2D eigenvalue weighted by Crippen LogP contribution is -2.29. The lowest BCUT2D eigenvalue weighted by Gasteiger charge is -2.18. The number of nitrogens with zero attached hydrogens (tertiary/aromatic N) is 3. The zero-order valence-corrected chi connectivity index (χ0v) is 19.1. The van der Waals surface area contributed by atoms with Crippen LogP contribution >= 0.6 is 0 Å². The van der Waals surface area contributed by atoms with E-state index < -0.39 is 6.10 Å². The fraction of sp³-hybridized carbons (Fsp3) is 0.423. The molecular weight excluding hydrogens is 402 g/mol. The third kappa shape index (κ3) is 5.69. The number of ether oxygens (including phenoxy) is 2. The summed E-state index contributed by atoms with van der Waals surface area (Å²) in [6.07, 6.45) is 3.06. The molecule has 6 nitrogen and oxygen atoms in total. The Morgan fingerprint density at radius 3 is 2.41 bits per heavy atom. The van der Waals surface area contributed by atoms with Crippen LogP contribution in [0.4, 0.5) is 0 Å². The van der Waals surface area contributed by atoms with Gasteiger partial charge in [0, 0.05) is 32.0 Å². The van der Waals surface area contributed by atoms with Crippen LogP contribution in [-0.2, 0) is 13.1 Å². The molecule has 0 saturated carbocycles. The van der Waals surface area contributed by atoms with E-state index in [1.165, 1.54) is 11.1 Å². The Morgan fingerprint density at radius 1 is 1.03 bits per heavy atom. The van der Waals surface area contributed by atoms with Gasteiger partial charge in [-0.3, -0.25) is 4.90 Å². The predicted molar refractivity (Wildman–Crippen MR) is 125 cm³/mol. The number of aryl methyl sites for hydroxylation is 1. The monoisotopic (exact) mass is 435 g/mol. The summed E-state index contributed by atoms with van der Waals surface area (Å²) in [6, 6.07) is 16.4. The Balaban J connectivity index is 1.24. The van der Waals surface area contributed by atoms with Crippen LogP contribution in [0.2, 0.25) is 0 Å². The van der Waals surface area contributed by atoms with E-state index in [2.05, 4.69) is 52.6 Å². The van der Waals surface area contributed by atoms with Crippen molar-refractivity contribution >= 4 is 0 Å². The van der Waals surface area contributed by atoms with Crippen molar-refractivity contribution < 1.29 is 14.6 Å². The van der Waals surface area contributed by atoms with Crippen LogP contribution in [0.5, 0.6) is 11.5 Å². The van der Waals surface area contributed by atoms with Crippen molar-refractivity contribution in [1.82, 2.24) is 14.5 Å². The molecular formula is C26H33N3O3. The maximum absolute atomic E-state index is 10.5. The first-order valence-corrected chi connectivity index (χ1v) is 11.3. The van der Waals surface area contributed by atoms with Crippen LogP contribution in [0.1, 0.15) is 36.7 Å². The van der Waals surface area contributed by atoms with Crippen molar-refractivity contribution in [2.75, 3.05) is 19.7 Å². The number of imidazole rings is 1. The molecule has 32 heavy (non-hydrogen) atoms. The SMILES string of the molecule is Cc1nccn1CCOc1ccc(CN2C[C@H](Oc3ccc(C(C)C)cc3)[C@@H](O)C2)cc1. The summed E-state index contributed by atoms with van der Waals surface area (Å²) in [5.74, 6) is 3.16. The van der Waals surface area contributed by atoms with Gasteiger partial charge in [0.2, 0.25) is 0 Å². The molecule has 6 heteroatoms. The molecule has 4 rings (SSSR count). The molecule has 0 unspecified atom stereocenters. The van der Waals surface area contributed by atoms with Gasteiger partial charge in [0.1, 0.15) is 36.1 Å². The molecule has 2 atom stereocenters. The molecule has 0 spiro atoms. The highest BCUT2D eigenvalue weighted by Crippen LogP contribution is 2.23. The molecule has 1 fully saturated rings. The molecule has 1 aliphatic heterocycles. The number of aromatic nitrogens is 2. The Labute approximate surface area is 190 Å². The van der Waals surface area contributed by atoms with Gasteiger partial charge in [0.25, 0.3) is 0 Å². The topological polar surface area (TPSA) is 59.8 Å². The van der Waals surface area contributed by atoms with Crippen LogP contribution in [0.25, 0.3) is 0 Å². The van der Waals surface area contributed by atoms with Gasteiger partial charge in [-0.25, -0.2) is 4.98 Å². The summed E-state index contributed by atoms with van der Waals surface area (Å²) in [6.45, 7) is 9.81. The molecule has 1 aliphatic rings. The van der Waals surface area contributed by atoms with Gasteiger partial charge in [-0.05, 0) is 48.2 Å². The lowest BCUT2D eigenvalue weighted by atomic mass is 10.0. The van der Waals surface area contributed by atoms with Crippen molar-refractivity contribution in [2.45, 2.75) is 52.0 Å². The van der Waals surface area contributed by atoms with Crippen molar-refractivity contribution in [1.29, 1.82) is 0 Å². The minimum atomic E-state index is -0.492. The van der Waals surface area contributed by atoms with Crippen LogP contribution in [0, 0.1) is 6.92 Å². The Hall–Kier alpha value is -2.83. The largest absolute Gasteiger partial charge is 0.492 e. The van der Waals surface area contributed by atoms with E-state index >= 15 is 0 Å². The second-order valence-electron chi connectivity index (χ2n) is 8.80. The average Bonchev–Trinajstić information content (AvgIpc) is 3.34. The van der Waals surface area contributed by atoms with Crippen molar-refractivity contribution in [2.24, 2.45) is 0 Å². The molecule has 3 aromatic rings. The summed E-state index contributed by atoms with van der Waals surface area (Å²) in [5, 5.41) is 10.5. The number of benzene rings is 2. The zero-order valence-electron chi connectivity index (χ0n) is 19.1. The van der Waals surface area contributed by atoms with Gasteiger partial charge in [-0.15, -0.1) is 0 Å². The summed E-state index contributed by atoms with van der Waals surface area (Å²) in [7, 11) is 0. The third-order valence-corrected chi connectivity index (χ3v) is 6.00. The Bertz CT molecular complexity index is 982. The minimum Gasteiger partial charge on any atom is -0.492 e. The second-order valence-corrected chi connectivity index (χ2v) is 8.80. The maximum atomic E-state index is 10.5. The summed E-state index contributed by atoms with van der Waals surface area (Å²) >= 11 is 0. The molecule has 2 aromatic carbocycles. The number of rotatable bonds is 9. The molecule has 1 aromatic heterocycles. The first kappa shape index (κ1) is 22.4. The smallest absolute Gasteiger partial charge is 0.138 e. The molecule has 2 heterocycles. The van der Waals surface area contributed by atoms with Gasteiger partial charge in [-0.2, -0.15) is 0 Å². The minimum absolute atomic E-state index is 0.214. The Morgan fingerprint density at radius 2 is 1.75 bits per heavy atom. The Kier molecular flexibility index (Phi) is 7.12. The van der Waals surface area contributed by atoms with Crippen molar-refractivity contribution in [3.63, 3.8) is 0 Å². The second kappa shape index (κ2) is 10.2. The van der Waals surface area contributed by atoms with Crippen molar-refractivity contribution in [3.8, 4) is 11.5 Å². The van der Waals surface area contributed by atoms with Crippen LogP contribution in [0.3, 0.4) is 0 Å². The van der Waals surface area contributed by atoms with E-state index in [1.807, 2.05) is 37.4 Å². The predicted octanol–water partition coefficient (Wildman–Crippen LogP) is 4.02. The normalized spacial score (nSPS) is 18.9. The van der Waals surface area contributed by atoms with E-state index in [1.54, 1.807) is 6.20 Å². The van der Waals surface area contributed by atoms with E-state index in [4.69, 9.17) is 9.47 Å². The van der Waals surface area contributed by atoms with Gasteiger partial charge < -0.3 is 19.1 Å². The van der Waals surface area contributed by atoms with Crippen LogP contribution in [-0.4, -0.2) is 51.5 Å². The first-order chi connectivity index (χ1) is 15.5. The summed E-state index contributed by atoms with van der Waals surface area (Å²) in [5.41, 5.74) is 2.48.